The minimum absolute atomic E-state index is 0.171. The summed E-state index contributed by atoms with van der Waals surface area (Å²) >= 11 is 5.75. The Bertz CT molecular complexity index is 786. The summed E-state index contributed by atoms with van der Waals surface area (Å²) in [6.07, 6.45) is 0.510. The first-order valence-corrected chi connectivity index (χ1v) is 9.30. The van der Waals surface area contributed by atoms with Crippen LogP contribution in [0.25, 0.3) is 0 Å². The smallest absolute Gasteiger partial charge is 0.338 e. The van der Waals surface area contributed by atoms with Gasteiger partial charge in [-0.25, -0.2) is 17.9 Å². The van der Waals surface area contributed by atoms with Crippen molar-refractivity contribution < 1.29 is 17.9 Å². The van der Waals surface area contributed by atoms with Crippen LogP contribution in [0.5, 0.6) is 0 Å². The fourth-order valence-corrected chi connectivity index (χ4v) is 3.21. The summed E-state index contributed by atoms with van der Waals surface area (Å²) in [5.74, 6) is -0.368. The summed E-state index contributed by atoms with van der Waals surface area (Å²) in [5, 5.41) is 0.482. The fourth-order valence-electron chi connectivity index (χ4n) is 2.05. The summed E-state index contributed by atoms with van der Waals surface area (Å²) in [6, 6.07) is 12.9. The van der Waals surface area contributed by atoms with Gasteiger partial charge in [-0.3, -0.25) is 0 Å². The summed E-state index contributed by atoms with van der Waals surface area (Å²) in [6.45, 7) is 2.33. The Hall–Kier alpha value is -1.89. The quantitative estimate of drug-likeness (QED) is 0.763. The lowest BCUT2D eigenvalue weighted by atomic mass is 10.1. The Kier molecular flexibility index (Phi) is 6.36. The second-order valence-electron chi connectivity index (χ2n) is 5.02. The Morgan fingerprint density at radius 1 is 1.08 bits per heavy atom. The average Bonchev–Trinajstić information content (AvgIpc) is 2.56. The molecule has 0 fully saturated rings. The van der Waals surface area contributed by atoms with Crippen LogP contribution < -0.4 is 4.72 Å². The molecule has 0 saturated carbocycles. The van der Waals surface area contributed by atoms with Gasteiger partial charge < -0.3 is 4.74 Å². The highest BCUT2D eigenvalue weighted by Crippen LogP contribution is 2.14. The van der Waals surface area contributed by atoms with Crippen molar-refractivity contribution in [2.75, 3.05) is 13.2 Å². The van der Waals surface area contributed by atoms with Gasteiger partial charge in [0, 0.05) is 11.6 Å². The Balaban J connectivity index is 1.91. The number of carbonyl (C=O) groups is 1. The Morgan fingerprint density at radius 2 is 1.71 bits per heavy atom. The monoisotopic (exact) mass is 367 g/mol. The van der Waals surface area contributed by atoms with Crippen molar-refractivity contribution in [1.82, 2.24) is 4.72 Å². The molecule has 0 aliphatic heterocycles. The van der Waals surface area contributed by atoms with E-state index in [4.69, 9.17) is 16.3 Å². The van der Waals surface area contributed by atoms with Gasteiger partial charge in [-0.05, 0) is 55.3 Å². The number of hydrogen-bond acceptors (Lipinski definition) is 4. The van der Waals surface area contributed by atoms with Gasteiger partial charge >= 0.3 is 5.97 Å². The Labute approximate surface area is 146 Å². The molecule has 0 amide bonds. The average molecular weight is 368 g/mol. The molecule has 0 aromatic heterocycles. The molecule has 0 spiro atoms. The van der Waals surface area contributed by atoms with E-state index >= 15 is 0 Å². The van der Waals surface area contributed by atoms with Gasteiger partial charge in [0.25, 0.3) is 0 Å². The number of halogens is 1. The van der Waals surface area contributed by atoms with Crippen LogP contribution in [0.15, 0.2) is 53.4 Å². The second-order valence-corrected chi connectivity index (χ2v) is 7.22. The van der Waals surface area contributed by atoms with Crippen LogP contribution in [0.4, 0.5) is 0 Å². The van der Waals surface area contributed by atoms with Crippen molar-refractivity contribution >= 4 is 27.6 Å². The van der Waals surface area contributed by atoms with Gasteiger partial charge in [0.05, 0.1) is 17.1 Å². The first kappa shape index (κ1) is 18.4. The lowest BCUT2D eigenvalue weighted by Crippen LogP contribution is -2.25. The number of rotatable bonds is 7. The predicted molar refractivity (Wildman–Crippen MR) is 92.7 cm³/mol. The van der Waals surface area contributed by atoms with Crippen LogP contribution in [0.2, 0.25) is 5.02 Å². The minimum atomic E-state index is -3.56. The summed E-state index contributed by atoms with van der Waals surface area (Å²) in [4.78, 5) is 11.7. The van der Waals surface area contributed by atoms with E-state index < -0.39 is 10.0 Å². The third-order valence-electron chi connectivity index (χ3n) is 3.29. The summed E-state index contributed by atoms with van der Waals surface area (Å²) in [5.41, 5.74) is 1.39. The van der Waals surface area contributed by atoms with Crippen LogP contribution in [0.1, 0.15) is 22.8 Å². The molecule has 7 heteroatoms. The molecule has 2 aromatic carbocycles. The summed E-state index contributed by atoms with van der Waals surface area (Å²) in [7, 11) is -3.56. The first-order valence-electron chi connectivity index (χ1n) is 7.43. The van der Waals surface area contributed by atoms with Crippen molar-refractivity contribution in [3.63, 3.8) is 0 Å². The first-order chi connectivity index (χ1) is 11.4. The number of hydrogen-bond donors (Lipinski definition) is 1. The molecule has 2 aromatic rings. The van der Waals surface area contributed by atoms with E-state index in [1.165, 1.54) is 24.3 Å². The van der Waals surface area contributed by atoms with E-state index in [0.29, 0.717) is 23.6 Å². The maximum atomic E-state index is 12.1. The zero-order valence-electron chi connectivity index (χ0n) is 13.2. The van der Waals surface area contributed by atoms with E-state index in [-0.39, 0.29) is 17.4 Å². The molecule has 1 N–H and O–H groups in total. The molecule has 0 aliphatic rings. The van der Waals surface area contributed by atoms with Crippen LogP contribution >= 0.6 is 11.6 Å². The summed E-state index contributed by atoms with van der Waals surface area (Å²) < 4.78 is 31.7. The number of carbonyl (C=O) groups excluding carboxylic acids is 1. The van der Waals surface area contributed by atoms with E-state index in [9.17, 15) is 13.2 Å². The van der Waals surface area contributed by atoms with Crippen molar-refractivity contribution in [2.45, 2.75) is 18.2 Å². The lowest BCUT2D eigenvalue weighted by Gasteiger charge is -2.07. The molecule has 0 heterocycles. The van der Waals surface area contributed by atoms with Crippen molar-refractivity contribution in [1.29, 1.82) is 0 Å². The highest BCUT2D eigenvalue weighted by Gasteiger charge is 2.13. The second kappa shape index (κ2) is 8.28. The van der Waals surface area contributed by atoms with E-state index in [1.807, 2.05) is 0 Å². The fraction of sp³-hybridized carbons (Fsp3) is 0.235. The molecule has 0 atom stereocenters. The molecular formula is C17H18ClNO4S. The third kappa shape index (κ3) is 5.06. The van der Waals surface area contributed by atoms with Crippen molar-refractivity contribution in [3.8, 4) is 0 Å². The SMILES string of the molecule is CCOC(=O)c1ccc(CCNS(=O)(=O)c2ccc(Cl)cc2)cc1. The molecular weight excluding hydrogens is 350 g/mol. The number of sulfonamides is 1. The van der Waals surface area contributed by atoms with Gasteiger partial charge in [0.15, 0.2) is 0 Å². The molecule has 0 unspecified atom stereocenters. The number of esters is 1. The highest BCUT2D eigenvalue weighted by atomic mass is 35.5. The van der Waals surface area contributed by atoms with E-state index in [0.717, 1.165) is 5.56 Å². The lowest BCUT2D eigenvalue weighted by molar-refractivity contribution is 0.0526. The Morgan fingerprint density at radius 3 is 2.29 bits per heavy atom. The van der Waals surface area contributed by atoms with Crippen LogP contribution in [-0.4, -0.2) is 27.5 Å². The van der Waals surface area contributed by atoms with Gasteiger partial charge in [0.2, 0.25) is 10.0 Å². The normalized spacial score (nSPS) is 11.2. The molecule has 0 saturated heterocycles. The number of nitrogens with one attached hydrogen (secondary N) is 1. The number of benzene rings is 2. The minimum Gasteiger partial charge on any atom is -0.462 e. The molecule has 0 bridgehead atoms. The molecule has 2 rings (SSSR count). The molecule has 0 radical (unpaired) electrons. The molecule has 5 nitrogen and oxygen atoms in total. The maximum Gasteiger partial charge on any atom is 0.338 e. The van der Waals surface area contributed by atoms with Crippen molar-refractivity contribution in [2.24, 2.45) is 0 Å². The standard InChI is InChI=1S/C17H18ClNO4S/c1-2-23-17(20)14-5-3-13(4-6-14)11-12-19-24(21,22)16-9-7-15(18)8-10-16/h3-10,19H,2,11-12H2,1H3. The van der Waals surface area contributed by atoms with E-state index in [1.54, 1.807) is 31.2 Å². The zero-order valence-corrected chi connectivity index (χ0v) is 14.7. The largest absolute Gasteiger partial charge is 0.462 e. The predicted octanol–water partition coefficient (Wildman–Crippen LogP) is 3.04. The highest BCUT2D eigenvalue weighted by molar-refractivity contribution is 7.89. The van der Waals surface area contributed by atoms with Gasteiger partial charge in [-0.1, -0.05) is 23.7 Å². The van der Waals surface area contributed by atoms with Crippen LogP contribution in [-0.2, 0) is 21.2 Å². The maximum absolute atomic E-state index is 12.1. The molecule has 128 valence electrons. The van der Waals surface area contributed by atoms with Crippen LogP contribution in [0, 0.1) is 0 Å². The van der Waals surface area contributed by atoms with Crippen molar-refractivity contribution in [3.05, 3.63) is 64.7 Å². The van der Waals surface area contributed by atoms with Gasteiger partial charge in [0.1, 0.15) is 0 Å². The molecule has 0 aliphatic carbocycles. The number of ether oxygens (including phenoxy) is 1. The van der Waals surface area contributed by atoms with E-state index in [2.05, 4.69) is 4.72 Å². The van der Waals surface area contributed by atoms with Gasteiger partial charge in [-0.15, -0.1) is 0 Å². The molecule has 24 heavy (non-hydrogen) atoms. The topological polar surface area (TPSA) is 72.5 Å². The van der Waals surface area contributed by atoms with Crippen LogP contribution in [0.3, 0.4) is 0 Å². The third-order valence-corrected chi connectivity index (χ3v) is 5.02. The zero-order chi connectivity index (χ0) is 17.6. The van der Waals surface area contributed by atoms with Gasteiger partial charge in [-0.2, -0.15) is 0 Å².